The number of nitrogens with zero attached hydrogens (tertiary/aromatic N) is 1. The maximum atomic E-state index is 4.10. The van der Waals surface area contributed by atoms with Gasteiger partial charge in [-0.25, -0.2) is 0 Å². The van der Waals surface area contributed by atoms with Crippen LogP contribution in [0.1, 0.15) is 0 Å². The summed E-state index contributed by atoms with van der Waals surface area (Å²) in [6.07, 6.45) is 0. The first kappa shape index (κ1) is 4.42. The van der Waals surface area contributed by atoms with Crippen LogP contribution in [-0.4, -0.2) is 7.11 Å². The summed E-state index contributed by atoms with van der Waals surface area (Å²) in [5.41, 5.74) is 0. The van der Waals surface area contributed by atoms with Crippen LogP contribution in [0.5, 0.6) is 0 Å². The molecule has 0 spiro atoms. The molecule has 0 aliphatic heterocycles. The van der Waals surface area contributed by atoms with Crippen LogP contribution in [0, 0.1) is 0 Å². The molecule has 0 N–H and O–H groups in total. The van der Waals surface area contributed by atoms with Crippen LogP contribution in [0.4, 0.5) is 0 Å². The van der Waals surface area contributed by atoms with Gasteiger partial charge in [-0.1, -0.05) is 0 Å². The molecule has 0 rings (SSSR count). The van der Waals surface area contributed by atoms with Crippen molar-refractivity contribution in [1.29, 1.82) is 0 Å². The van der Waals surface area contributed by atoms with Gasteiger partial charge in [-0.05, 0) is 0 Å². The van der Waals surface area contributed by atoms with Crippen molar-refractivity contribution in [3.8, 4) is 0 Å². The Balaban J connectivity index is 2.30. The Bertz CT molecular complexity index is 22.0. The van der Waals surface area contributed by atoms with Crippen molar-refractivity contribution in [2.24, 2.45) is 3.73 Å². The molecule has 3 heteroatoms. The van der Waals surface area contributed by atoms with Crippen LogP contribution >= 0.6 is 0 Å². The van der Waals surface area contributed by atoms with E-state index in [2.05, 4.69) is 27.6 Å². The molecular weight excluding hydrogens is 148 g/mol. The minimum atomic E-state index is 1.48. The molecule has 28 valence electrons. The first-order valence-electron chi connectivity index (χ1n) is 0.732. The molecule has 0 aliphatic carbocycles. The Morgan fingerprint density at radius 2 is 2.25 bits per heavy atom. The second-order valence-electron chi connectivity index (χ2n) is 0.240. The molecule has 0 radical (unpaired) electrons. The van der Waals surface area contributed by atoms with Crippen molar-refractivity contribution in [2.75, 3.05) is 7.11 Å². The van der Waals surface area contributed by atoms with Crippen molar-refractivity contribution in [3.05, 3.63) is 0 Å². The molecule has 0 atom stereocenters. The SMILES string of the molecule is CO[N]=[Pd]. The predicted molar refractivity (Wildman–Crippen MR) is 9.44 cm³/mol. The fraction of sp³-hybridized carbons (Fsp3) is 1.00. The van der Waals surface area contributed by atoms with Crippen LogP contribution in [-0.2, 0) is 23.9 Å². The van der Waals surface area contributed by atoms with Crippen molar-refractivity contribution in [2.45, 2.75) is 0 Å². The van der Waals surface area contributed by atoms with E-state index < -0.39 is 0 Å². The van der Waals surface area contributed by atoms with E-state index in [1.165, 1.54) is 7.11 Å². The van der Waals surface area contributed by atoms with Crippen LogP contribution in [0.3, 0.4) is 0 Å². The average Bonchev–Trinajstić information content (AvgIpc) is 1.37. The Labute approximate surface area is 35.4 Å². The molecule has 0 unspecified atom stereocenters. The Kier molecular flexibility index (Phi) is 3.78. The van der Waals surface area contributed by atoms with E-state index in [9.17, 15) is 0 Å². The van der Waals surface area contributed by atoms with Crippen molar-refractivity contribution in [1.82, 2.24) is 0 Å². The van der Waals surface area contributed by atoms with Gasteiger partial charge in [0.2, 0.25) is 0 Å². The maximum absolute atomic E-state index is 4.10. The summed E-state index contributed by atoms with van der Waals surface area (Å²) in [5, 5.41) is 0. The van der Waals surface area contributed by atoms with Crippen molar-refractivity contribution in [3.63, 3.8) is 0 Å². The average molecular weight is 151 g/mol. The Hall–Kier alpha value is 0.422. The molecule has 0 aliphatic rings. The standard InChI is InChI=1S/CH3NO.Pd/c1-3-2;/h1H3;. The number of hydrogen-bond donors (Lipinski definition) is 0. The van der Waals surface area contributed by atoms with Gasteiger partial charge in [0.15, 0.2) is 0 Å². The van der Waals surface area contributed by atoms with Gasteiger partial charge in [0.25, 0.3) is 0 Å². The molecule has 0 amide bonds. The van der Waals surface area contributed by atoms with Gasteiger partial charge >= 0.3 is 34.7 Å². The summed E-state index contributed by atoms with van der Waals surface area (Å²) in [6.45, 7) is 0. The van der Waals surface area contributed by atoms with Gasteiger partial charge in [-0.2, -0.15) is 0 Å². The van der Waals surface area contributed by atoms with E-state index in [-0.39, 0.29) is 0 Å². The van der Waals surface area contributed by atoms with Crippen LogP contribution in [0.2, 0.25) is 0 Å². The Morgan fingerprint density at radius 1 is 2.00 bits per heavy atom. The molecule has 0 saturated heterocycles. The van der Waals surface area contributed by atoms with E-state index in [0.29, 0.717) is 0 Å². The van der Waals surface area contributed by atoms with E-state index >= 15 is 0 Å². The minimum absolute atomic E-state index is 1.48. The molecule has 0 aromatic heterocycles. The third-order valence-corrected chi connectivity index (χ3v) is 0.342. The van der Waals surface area contributed by atoms with Gasteiger partial charge in [0, 0.05) is 0 Å². The molecule has 0 bridgehead atoms. The first-order valence-corrected chi connectivity index (χ1v) is 1.43. The number of hydrogen-bond acceptors (Lipinski definition) is 2. The van der Waals surface area contributed by atoms with E-state index in [1.807, 2.05) is 0 Å². The van der Waals surface area contributed by atoms with Crippen LogP contribution in [0.15, 0.2) is 3.73 Å². The van der Waals surface area contributed by atoms with Crippen LogP contribution < -0.4 is 0 Å². The topological polar surface area (TPSA) is 21.6 Å². The van der Waals surface area contributed by atoms with Gasteiger partial charge in [-0.15, -0.1) is 0 Å². The third-order valence-electron chi connectivity index (χ3n) is 0.0577. The Morgan fingerprint density at radius 3 is 2.25 bits per heavy atom. The molecule has 0 saturated carbocycles. The molecule has 4 heavy (non-hydrogen) atoms. The zero-order valence-corrected chi connectivity index (χ0v) is 3.73. The molecule has 2 nitrogen and oxygen atoms in total. The second-order valence-corrected chi connectivity index (χ2v) is 0.524. The first-order chi connectivity index (χ1) is 1.91. The van der Waals surface area contributed by atoms with Crippen LogP contribution in [0.25, 0.3) is 0 Å². The summed E-state index contributed by atoms with van der Waals surface area (Å²) < 4.78 is 3.09. The fourth-order valence-electron chi connectivity index (χ4n) is 0. The summed E-state index contributed by atoms with van der Waals surface area (Å²) in [6, 6.07) is 0. The van der Waals surface area contributed by atoms with E-state index in [0.717, 1.165) is 0 Å². The normalized spacial score (nSPS) is 6.75. The third kappa shape index (κ3) is 2.42. The molecule has 0 aromatic carbocycles. The monoisotopic (exact) mass is 151 g/mol. The summed E-state index contributed by atoms with van der Waals surface area (Å²) in [7, 11) is 1.48. The molecule has 0 aromatic rings. The second kappa shape index (κ2) is 3.42. The van der Waals surface area contributed by atoms with Gasteiger partial charge in [0.1, 0.15) is 0 Å². The van der Waals surface area contributed by atoms with Gasteiger partial charge < -0.3 is 0 Å². The predicted octanol–water partition coefficient (Wildman–Crippen LogP) is 0.278. The molecule has 0 fully saturated rings. The summed E-state index contributed by atoms with van der Waals surface area (Å²) >= 11 is 2.44. The van der Waals surface area contributed by atoms with E-state index in [4.69, 9.17) is 0 Å². The summed E-state index contributed by atoms with van der Waals surface area (Å²) in [5.74, 6) is 0. The zero-order chi connectivity index (χ0) is 3.41. The number of rotatable bonds is 1. The van der Waals surface area contributed by atoms with E-state index in [1.54, 1.807) is 0 Å². The quantitative estimate of drug-likeness (QED) is 0.390. The van der Waals surface area contributed by atoms with Crippen molar-refractivity contribution < 1.29 is 23.9 Å². The zero-order valence-electron chi connectivity index (χ0n) is 2.17. The molecular formula is CH3NOPd. The fourth-order valence-corrected chi connectivity index (χ4v) is 0. The van der Waals surface area contributed by atoms with Gasteiger partial charge in [0.05, 0.1) is 0 Å². The molecule has 0 heterocycles. The summed E-state index contributed by atoms with van der Waals surface area (Å²) in [4.78, 5) is 4.10. The van der Waals surface area contributed by atoms with Gasteiger partial charge in [-0.3, -0.25) is 0 Å². The van der Waals surface area contributed by atoms with Crippen molar-refractivity contribution >= 4 is 0 Å².